The maximum Gasteiger partial charge on any atom is 0.178 e. The fourth-order valence-corrected chi connectivity index (χ4v) is 2.66. The van der Waals surface area contributed by atoms with E-state index in [0.29, 0.717) is 0 Å². The molecular weight excluding hydrogens is 184 g/mol. The molecule has 0 N–H and O–H groups in total. The maximum absolute atomic E-state index is 11.2. The minimum Gasteiger partial charge on any atom is -0.290 e. The maximum atomic E-state index is 11.2. The molecule has 0 atom stereocenters. The first-order valence-electron chi connectivity index (χ1n) is 5.53. The molecule has 0 spiro atoms. The number of allylic oxidation sites excluding steroid dienone is 4. The van der Waals surface area contributed by atoms with Gasteiger partial charge in [0.05, 0.1) is 0 Å². The van der Waals surface area contributed by atoms with Crippen LogP contribution in [0, 0.1) is 16.2 Å². The fourth-order valence-electron chi connectivity index (χ4n) is 2.66. The van der Waals surface area contributed by atoms with Gasteiger partial charge in [0.25, 0.3) is 0 Å². The standard InChI is InChI=1S/C14H22O/c1-12(2,3)14(13(4,5)6)9-7-11(15)8-10-14/h7-10H,1-6H3. The molecule has 1 heteroatoms. The van der Waals surface area contributed by atoms with Gasteiger partial charge in [-0.2, -0.15) is 0 Å². The Balaban J connectivity index is 3.29. The van der Waals surface area contributed by atoms with Crippen LogP contribution in [0.4, 0.5) is 0 Å². The number of ketones is 1. The van der Waals surface area contributed by atoms with E-state index < -0.39 is 0 Å². The highest BCUT2D eigenvalue weighted by Gasteiger charge is 2.47. The Hall–Kier alpha value is -0.850. The predicted molar refractivity (Wildman–Crippen MR) is 64.6 cm³/mol. The van der Waals surface area contributed by atoms with E-state index in [0.717, 1.165) is 0 Å². The number of hydrogen-bond donors (Lipinski definition) is 0. The second-order valence-electron chi connectivity index (χ2n) is 6.44. The lowest BCUT2D eigenvalue weighted by Crippen LogP contribution is -2.44. The van der Waals surface area contributed by atoms with Crippen LogP contribution in [-0.4, -0.2) is 5.78 Å². The van der Waals surface area contributed by atoms with E-state index >= 15 is 0 Å². The molecule has 1 rings (SSSR count). The van der Waals surface area contributed by atoms with E-state index in [1.165, 1.54) is 0 Å². The van der Waals surface area contributed by atoms with Gasteiger partial charge in [-0.25, -0.2) is 0 Å². The van der Waals surface area contributed by atoms with E-state index in [2.05, 4.69) is 53.7 Å². The van der Waals surface area contributed by atoms with Gasteiger partial charge in [-0.05, 0) is 23.0 Å². The summed E-state index contributed by atoms with van der Waals surface area (Å²) in [5, 5.41) is 0. The van der Waals surface area contributed by atoms with Gasteiger partial charge in [-0.3, -0.25) is 4.79 Å². The SMILES string of the molecule is CC(C)(C)C1(C(C)(C)C)C=CC(=O)C=C1. The molecule has 0 heterocycles. The van der Waals surface area contributed by atoms with Crippen molar-refractivity contribution in [1.82, 2.24) is 0 Å². The zero-order chi connectivity index (χ0) is 11.9. The summed E-state index contributed by atoms with van der Waals surface area (Å²) in [4.78, 5) is 11.2. The molecule has 0 unspecified atom stereocenters. The van der Waals surface area contributed by atoms with Crippen LogP contribution >= 0.6 is 0 Å². The first-order chi connectivity index (χ1) is 6.60. The smallest absolute Gasteiger partial charge is 0.178 e. The first kappa shape index (κ1) is 12.2. The van der Waals surface area contributed by atoms with Crippen molar-refractivity contribution >= 4 is 5.78 Å². The second kappa shape index (κ2) is 3.33. The molecule has 0 saturated heterocycles. The molecular formula is C14H22O. The molecule has 0 aromatic rings. The molecule has 84 valence electrons. The lowest BCUT2D eigenvalue weighted by atomic mass is 9.53. The molecule has 0 radical (unpaired) electrons. The number of rotatable bonds is 0. The van der Waals surface area contributed by atoms with Gasteiger partial charge in [0.2, 0.25) is 0 Å². The van der Waals surface area contributed by atoms with Crippen LogP contribution in [0.15, 0.2) is 24.3 Å². The van der Waals surface area contributed by atoms with E-state index in [4.69, 9.17) is 0 Å². The highest BCUT2D eigenvalue weighted by atomic mass is 16.1. The van der Waals surface area contributed by atoms with Crippen molar-refractivity contribution in [3.8, 4) is 0 Å². The lowest BCUT2D eigenvalue weighted by Gasteiger charge is -2.51. The van der Waals surface area contributed by atoms with E-state index in [9.17, 15) is 4.79 Å². The predicted octanol–water partition coefficient (Wildman–Crippen LogP) is 3.76. The summed E-state index contributed by atoms with van der Waals surface area (Å²) in [5.74, 6) is 0.0964. The average molecular weight is 206 g/mol. The molecule has 1 nitrogen and oxygen atoms in total. The van der Waals surface area contributed by atoms with Gasteiger partial charge in [0.15, 0.2) is 5.78 Å². The van der Waals surface area contributed by atoms with Gasteiger partial charge in [-0.1, -0.05) is 53.7 Å². The Labute approximate surface area is 93.3 Å². The molecule has 1 aliphatic carbocycles. The molecule has 0 aliphatic heterocycles. The van der Waals surface area contributed by atoms with Crippen LogP contribution in [0.2, 0.25) is 0 Å². The Morgan fingerprint density at radius 3 is 1.47 bits per heavy atom. The Bertz CT molecular complexity index is 286. The summed E-state index contributed by atoms with van der Waals surface area (Å²) in [6.07, 6.45) is 7.57. The van der Waals surface area contributed by atoms with Crippen molar-refractivity contribution in [1.29, 1.82) is 0 Å². The van der Waals surface area contributed by atoms with Gasteiger partial charge < -0.3 is 0 Å². The summed E-state index contributed by atoms with van der Waals surface area (Å²) >= 11 is 0. The number of carbonyl (C=O) groups excluding carboxylic acids is 1. The summed E-state index contributed by atoms with van der Waals surface area (Å²) in [7, 11) is 0. The molecule has 0 bridgehead atoms. The van der Waals surface area contributed by atoms with Crippen LogP contribution in [-0.2, 0) is 4.79 Å². The Morgan fingerprint density at radius 1 is 0.867 bits per heavy atom. The van der Waals surface area contributed by atoms with Crippen molar-refractivity contribution < 1.29 is 4.79 Å². The van der Waals surface area contributed by atoms with Crippen LogP contribution in [0.5, 0.6) is 0 Å². The largest absolute Gasteiger partial charge is 0.290 e. The van der Waals surface area contributed by atoms with Gasteiger partial charge in [0.1, 0.15) is 0 Å². The molecule has 0 fully saturated rings. The summed E-state index contributed by atoms with van der Waals surface area (Å²) in [5.41, 5.74) is 0.172. The molecule has 0 aromatic heterocycles. The van der Waals surface area contributed by atoms with Crippen LogP contribution < -0.4 is 0 Å². The van der Waals surface area contributed by atoms with E-state index in [1.54, 1.807) is 12.2 Å². The second-order valence-corrected chi connectivity index (χ2v) is 6.44. The minimum absolute atomic E-state index is 0.0477. The highest BCUT2D eigenvalue weighted by Crippen LogP contribution is 2.54. The molecule has 0 amide bonds. The van der Waals surface area contributed by atoms with Crippen molar-refractivity contribution in [2.45, 2.75) is 41.5 Å². The van der Waals surface area contributed by atoms with Crippen molar-refractivity contribution in [3.63, 3.8) is 0 Å². The topological polar surface area (TPSA) is 17.1 Å². The first-order valence-corrected chi connectivity index (χ1v) is 5.53. The van der Waals surface area contributed by atoms with Gasteiger partial charge in [-0.15, -0.1) is 0 Å². The fraction of sp³-hybridized carbons (Fsp3) is 0.643. The Morgan fingerprint density at radius 2 is 1.20 bits per heavy atom. The average Bonchev–Trinajstić information content (AvgIpc) is 2.00. The quantitative estimate of drug-likeness (QED) is 0.590. The molecule has 0 saturated carbocycles. The summed E-state index contributed by atoms with van der Waals surface area (Å²) < 4.78 is 0. The summed E-state index contributed by atoms with van der Waals surface area (Å²) in [6, 6.07) is 0. The van der Waals surface area contributed by atoms with Gasteiger partial charge >= 0.3 is 0 Å². The van der Waals surface area contributed by atoms with Crippen LogP contribution in [0.3, 0.4) is 0 Å². The normalized spacial score (nSPS) is 20.8. The summed E-state index contributed by atoms with van der Waals surface area (Å²) in [6.45, 7) is 13.3. The lowest BCUT2D eigenvalue weighted by molar-refractivity contribution is -0.110. The number of hydrogen-bond acceptors (Lipinski definition) is 1. The third-order valence-electron chi connectivity index (χ3n) is 3.50. The van der Waals surface area contributed by atoms with Crippen molar-refractivity contribution in [3.05, 3.63) is 24.3 Å². The van der Waals surface area contributed by atoms with E-state index in [-0.39, 0.29) is 22.0 Å². The monoisotopic (exact) mass is 206 g/mol. The van der Waals surface area contributed by atoms with E-state index in [1.807, 2.05) is 0 Å². The third kappa shape index (κ3) is 1.92. The Kier molecular flexibility index (Phi) is 2.71. The molecule has 1 aliphatic rings. The zero-order valence-electron chi connectivity index (χ0n) is 10.7. The van der Waals surface area contributed by atoms with Crippen molar-refractivity contribution in [2.24, 2.45) is 16.2 Å². The number of carbonyl (C=O) groups is 1. The zero-order valence-corrected chi connectivity index (χ0v) is 10.7. The third-order valence-corrected chi connectivity index (χ3v) is 3.50. The highest BCUT2D eigenvalue weighted by molar-refractivity contribution is 6.00. The van der Waals surface area contributed by atoms with Crippen LogP contribution in [0.25, 0.3) is 0 Å². The molecule has 15 heavy (non-hydrogen) atoms. The van der Waals surface area contributed by atoms with Gasteiger partial charge in [0, 0.05) is 5.41 Å². The minimum atomic E-state index is -0.0477. The van der Waals surface area contributed by atoms with Crippen molar-refractivity contribution in [2.75, 3.05) is 0 Å². The molecule has 0 aromatic carbocycles. The van der Waals surface area contributed by atoms with Crippen LogP contribution in [0.1, 0.15) is 41.5 Å².